The molecule has 0 radical (unpaired) electrons. The van der Waals surface area contributed by atoms with Crippen LogP contribution in [-0.2, 0) is 13.0 Å². The summed E-state index contributed by atoms with van der Waals surface area (Å²) in [6, 6.07) is 12.9. The molecule has 1 N–H and O–H groups in total. The first kappa shape index (κ1) is 14.9. The van der Waals surface area contributed by atoms with E-state index in [1.807, 2.05) is 6.07 Å². The van der Waals surface area contributed by atoms with Gasteiger partial charge in [0.25, 0.3) is 0 Å². The number of hydrogen-bond acceptors (Lipinski definition) is 2. The van der Waals surface area contributed by atoms with Gasteiger partial charge in [0, 0.05) is 34.8 Å². The van der Waals surface area contributed by atoms with Gasteiger partial charge in [-0.3, -0.25) is 0 Å². The average Bonchev–Trinajstić information content (AvgIpc) is 2.47. The number of halogens is 2. The summed E-state index contributed by atoms with van der Waals surface area (Å²) >= 11 is 7.18. The van der Waals surface area contributed by atoms with Gasteiger partial charge < -0.3 is 10.2 Å². The summed E-state index contributed by atoms with van der Waals surface area (Å²) in [5, 5.41) is 3.51. The van der Waals surface area contributed by atoms with Gasteiger partial charge in [-0.1, -0.05) is 18.2 Å². The Morgan fingerprint density at radius 3 is 2.67 bits per heavy atom. The Bertz CT molecular complexity index is 635. The van der Waals surface area contributed by atoms with Gasteiger partial charge in [-0.2, -0.15) is 0 Å². The highest BCUT2D eigenvalue weighted by Crippen LogP contribution is 2.31. The molecular weight excluding hydrogens is 392 g/mol. The summed E-state index contributed by atoms with van der Waals surface area (Å²) in [5.41, 5.74) is 5.28. The Balaban J connectivity index is 1.77. The fourth-order valence-electron chi connectivity index (χ4n) is 2.81. The summed E-state index contributed by atoms with van der Waals surface area (Å²) < 4.78 is 2.16. The Morgan fingerprint density at radius 2 is 1.90 bits per heavy atom. The topological polar surface area (TPSA) is 15.3 Å². The molecule has 2 aromatic rings. The van der Waals surface area contributed by atoms with Crippen LogP contribution in [0.15, 0.2) is 45.3 Å². The number of hydrogen-bond donors (Lipinski definition) is 1. The molecule has 0 saturated carbocycles. The summed E-state index contributed by atoms with van der Waals surface area (Å²) in [4.78, 5) is 2.35. The van der Waals surface area contributed by atoms with Crippen molar-refractivity contribution in [2.24, 2.45) is 0 Å². The lowest BCUT2D eigenvalue weighted by Crippen LogP contribution is -2.24. The SMILES string of the molecule is CN1CCCc2cc(CNc3c(Br)cccc3Br)ccc21. The largest absolute Gasteiger partial charge is 0.379 e. The van der Waals surface area contributed by atoms with Crippen molar-refractivity contribution in [1.29, 1.82) is 0 Å². The third kappa shape index (κ3) is 3.27. The van der Waals surface area contributed by atoms with E-state index in [4.69, 9.17) is 0 Å². The lowest BCUT2D eigenvalue weighted by Gasteiger charge is -2.28. The molecule has 3 rings (SSSR count). The van der Waals surface area contributed by atoms with Crippen LogP contribution in [0, 0.1) is 0 Å². The van der Waals surface area contributed by atoms with E-state index in [1.165, 1.54) is 29.7 Å². The van der Waals surface area contributed by atoms with Gasteiger partial charge in [0.05, 0.1) is 5.69 Å². The molecule has 110 valence electrons. The molecule has 2 nitrogen and oxygen atoms in total. The van der Waals surface area contributed by atoms with E-state index in [-0.39, 0.29) is 0 Å². The maximum atomic E-state index is 3.59. The van der Waals surface area contributed by atoms with Crippen LogP contribution in [0.3, 0.4) is 0 Å². The van der Waals surface area contributed by atoms with Crippen LogP contribution in [0.1, 0.15) is 17.5 Å². The van der Waals surface area contributed by atoms with Gasteiger partial charge in [0.15, 0.2) is 0 Å². The van der Waals surface area contributed by atoms with Crippen molar-refractivity contribution in [3.8, 4) is 0 Å². The van der Waals surface area contributed by atoms with Crippen molar-refractivity contribution in [3.05, 3.63) is 56.5 Å². The number of anilines is 2. The van der Waals surface area contributed by atoms with Crippen molar-refractivity contribution in [1.82, 2.24) is 0 Å². The fraction of sp³-hybridized carbons (Fsp3) is 0.294. The number of para-hydroxylation sites is 1. The number of rotatable bonds is 3. The Kier molecular flexibility index (Phi) is 4.55. The smallest absolute Gasteiger partial charge is 0.0631 e. The molecule has 1 heterocycles. The van der Waals surface area contributed by atoms with Crippen LogP contribution in [0.5, 0.6) is 0 Å². The third-order valence-electron chi connectivity index (χ3n) is 3.93. The Morgan fingerprint density at radius 1 is 1.14 bits per heavy atom. The van der Waals surface area contributed by atoms with E-state index in [0.717, 1.165) is 27.7 Å². The molecule has 0 saturated heterocycles. The molecule has 0 fully saturated rings. The van der Waals surface area contributed by atoms with E-state index < -0.39 is 0 Å². The molecule has 1 aliphatic rings. The highest BCUT2D eigenvalue weighted by Gasteiger charge is 2.13. The first-order chi connectivity index (χ1) is 10.1. The standard InChI is InChI=1S/C17H18Br2N2/c1-21-9-3-4-13-10-12(7-8-16(13)21)11-20-17-14(18)5-2-6-15(17)19/h2,5-8,10,20H,3-4,9,11H2,1H3. The molecule has 1 aliphatic heterocycles. The molecule has 0 atom stereocenters. The van der Waals surface area contributed by atoms with Crippen LogP contribution in [0.4, 0.5) is 11.4 Å². The second kappa shape index (κ2) is 6.41. The zero-order valence-electron chi connectivity index (χ0n) is 12.0. The maximum absolute atomic E-state index is 3.59. The monoisotopic (exact) mass is 408 g/mol. The predicted molar refractivity (Wildman–Crippen MR) is 97.2 cm³/mol. The van der Waals surface area contributed by atoms with Crippen LogP contribution in [-0.4, -0.2) is 13.6 Å². The van der Waals surface area contributed by atoms with E-state index in [9.17, 15) is 0 Å². The highest BCUT2D eigenvalue weighted by molar-refractivity contribution is 9.11. The van der Waals surface area contributed by atoms with Crippen LogP contribution >= 0.6 is 31.9 Å². The summed E-state index contributed by atoms with van der Waals surface area (Å²) in [5.74, 6) is 0. The predicted octanol–water partition coefficient (Wildman–Crippen LogP) is 5.21. The van der Waals surface area contributed by atoms with Gasteiger partial charge in [-0.15, -0.1) is 0 Å². The summed E-state index contributed by atoms with van der Waals surface area (Å²) in [7, 11) is 2.17. The van der Waals surface area contributed by atoms with Crippen molar-refractivity contribution in [2.75, 3.05) is 23.8 Å². The molecule has 0 aromatic heterocycles. The normalized spacial score (nSPS) is 14.0. The molecule has 0 aliphatic carbocycles. The van der Waals surface area contributed by atoms with Crippen molar-refractivity contribution < 1.29 is 0 Å². The number of nitrogens with one attached hydrogen (secondary N) is 1. The van der Waals surface area contributed by atoms with E-state index in [1.54, 1.807) is 0 Å². The Hall–Kier alpha value is -1.00. The second-order valence-corrected chi connectivity index (χ2v) is 7.15. The van der Waals surface area contributed by atoms with Crippen LogP contribution in [0.25, 0.3) is 0 Å². The molecule has 0 amide bonds. The number of aryl methyl sites for hydroxylation is 1. The maximum Gasteiger partial charge on any atom is 0.0631 e. The molecule has 2 aromatic carbocycles. The number of fused-ring (bicyclic) bond motifs is 1. The van der Waals surface area contributed by atoms with Crippen molar-refractivity contribution in [3.63, 3.8) is 0 Å². The first-order valence-electron chi connectivity index (χ1n) is 7.16. The molecule has 0 unspecified atom stereocenters. The van der Waals surface area contributed by atoms with Crippen molar-refractivity contribution in [2.45, 2.75) is 19.4 Å². The third-order valence-corrected chi connectivity index (χ3v) is 5.25. The quantitative estimate of drug-likeness (QED) is 0.748. The van der Waals surface area contributed by atoms with Gasteiger partial charge in [-0.05, 0) is 74.0 Å². The molecule has 0 spiro atoms. The fourth-order valence-corrected chi connectivity index (χ4v) is 4.08. The van der Waals surface area contributed by atoms with Gasteiger partial charge >= 0.3 is 0 Å². The Labute approximate surface area is 142 Å². The lowest BCUT2D eigenvalue weighted by molar-refractivity contribution is 0.743. The molecule has 21 heavy (non-hydrogen) atoms. The number of nitrogens with zero attached hydrogens (tertiary/aromatic N) is 1. The van der Waals surface area contributed by atoms with Crippen LogP contribution in [0.2, 0.25) is 0 Å². The zero-order valence-corrected chi connectivity index (χ0v) is 15.2. The van der Waals surface area contributed by atoms with E-state index in [2.05, 4.69) is 79.5 Å². The minimum absolute atomic E-state index is 0.832. The second-order valence-electron chi connectivity index (χ2n) is 5.44. The minimum Gasteiger partial charge on any atom is -0.379 e. The first-order valence-corrected chi connectivity index (χ1v) is 8.74. The van der Waals surface area contributed by atoms with Crippen molar-refractivity contribution >= 4 is 43.2 Å². The molecule has 4 heteroatoms. The van der Waals surface area contributed by atoms with Gasteiger partial charge in [0.1, 0.15) is 0 Å². The molecular formula is C17H18Br2N2. The van der Waals surface area contributed by atoms with E-state index >= 15 is 0 Å². The lowest BCUT2D eigenvalue weighted by atomic mass is 9.99. The van der Waals surface area contributed by atoms with Crippen LogP contribution < -0.4 is 10.2 Å². The highest BCUT2D eigenvalue weighted by atomic mass is 79.9. The van der Waals surface area contributed by atoms with E-state index in [0.29, 0.717) is 0 Å². The molecule has 0 bridgehead atoms. The summed E-state index contributed by atoms with van der Waals surface area (Å²) in [6.45, 7) is 1.99. The van der Waals surface area contributed by atoms with Gasteiger partial charge in [-0.25, -0.2) is 0 Å². The average molecular weight is 410 g/mol. The number of benzene rings is 2. The minimum atomic E-state index is 0.832. The zero-order chi connectivity index (χ0) is 14.8. The summed E-state index contributed by atoms with van der Waals surface area (Å²) in [6.07, 6.45) is 2.43. The van der Waals surface area contributed by atoms with Gasteiger partial charge in [0.2, 0.25) is 0 Å².